The second-order valence-corrected chi connectivity index (χ2v) is 6.18. The van der Waals surface area contributed by atoms with E-state index in [0.717, 1.165) is 12.8 Å². The van der Waals surface area contributed by atoms with Crippen LogP contribution in [0.5, 0.6) is 11.5 Å². The summed E-state index contributed by atoms with van der Waals surface area (Å²) in [5, 5.41) is 12.3. The number of methoxy groups -OCH3 is 1. The van der Waals surface area contributed by atoms with Crippen molar-refractivity contribution in [2.45, 2.75) is 32.1 Å². The Kier molecular flexibility index (Phi) is 7.32. The van der Waals surface area contributed by atoms with Crippen molar-refractivity contribution in [2.75, 3.05) is 20.3 Å². The van der Waals surface area contributed by atoms with Gasteiger partial charge < -0.3 is 19.9 Å². The van der Waals surface area contributed by atoms with Crippen LogP contribution in [-0.4, -0.2) is 37.2 Å². The lowest BCUT2D eigenvalue weighted by Gasteiger charge is -2.21. The molecule has 1 aliphatic carbocycles. The Balaban J connectivity index is 1.71. The lowest BCUT2D eigenvalue weighted by Crippen LogP contribution is -2.33. The van der Waals surface area contributed by atoms with Crippen LogP contribution in [0.2, 0.25) is 0 Å². The summed E-state index contributed by atoms with van der Waals surface area (Å²) in [5.74, 6) is 0.00531. The zero-order chi connectivity index (χ0) is 18.1. The minimum absolute atomic E-state index is 0.0249. The minimum Gasteiger partial charge on any atom is -0.504 e. The Morgan fingerprint density at radius 3 is 2.76 bits per heavy atom. The second kappa shape index (κ2) is 9.71. The fraction of sp³-hybridized carbons (Fsp3) is 0.474. The zero-order valence-electron chi connectivity index (χ0n) is 14.5. The molecule has 6 nitrogen and oxygen atoms in total. The summed E-state index contributed by atoms with van der Waals surface area (Å²) in [6.45, 7) is 0.369. The highest BCUT2D eigenvalue weighted by Gasteiger charge is 2.14. The highest BCUT2D eigenvalue weighted by molar-refractivity contribution is 5.89. The van der Waals surface area contributed by atoms with Gasteiger partial charge in [0, 0.05) is 12.6 Å². The van der Waals surface area contributed by atoms with Crippen LogP contribution in [0.4, 0.5) is 0 Å². The van der Waals surface area contributed by atoms with E-state index in [1.807, 2.05) is 0 Å². The average molecular weight is 347 g/mol. The summed E-state index contributed by atoms with van der Waals surface area (Å²) in [7, 11) is 1.45. The smallest absolute Gasteiger partial charge is 0.331 e. The van der Waals surface area contributed by atoms with E-state index >= 15 is 0 Å². The molecular weight excluding hydrogens is 322 g/mol. The molecule has 0 aliphatic heterocycles. The predicted molar refractivity (Wildman–Crippen MR) is 94.2 cm³/mol. The normalized spacial score (nSPS) is 15.1. The fourth-order valence-electron chi connectivity index (χ4n) is 2.85. The van der Waals surface area contributed by atoms with Gasteiger partial charge in [-0.1, -0.05) is 25.3 Å². The molecule has 136 valence electrons. The molecule has 1 amide bonds. The quantitative estimate of drug-likeness (QED) is 0.585. The molecule has 6 heteroatoms. The highest BCUT2D eigenvalue weighted by atomic mass is 16.5. The topological polar surface area (TPSA) is 84.9 Å². The lowest BCUT2D eigenvalue weighted by molar-refractivity contribution is -0.143. The summed E-state index contributed by atoms with van der Waals surface area (Å²) >= 11 is 0. The molecule has 0 aromatic heterocycles. The van der Waals surface area contributed by atoms with E-state index in [2.05, 4.69) is 5.32 Å². The molecule has 1 aromatic carbocycles. The van der Waals surface area contributed by atoms with Crippen molar-refractivity contribution in [2.24, 2.45) is 5.92 Å². The third kappa shape index (κ3) is 6.49. The summed E-state index contributed by atoms with van der Waals surface area (Å²) in [4.78, 5) is 23.4. The molecule has 1 fully saturated rings. The molecule has 25 heavy (non-hydrogen) atoms. The Hall–Kier alpha value is -2.50. The number of rotatable bonds is 7. The van der Waals surface area contributed by atoms with Crippen molar-refractivity contribution in [3.8, 4) is 11.5 Å². The van der Waals surface area contributed by atoms with E-state index in [1.54, 1.807) is 12.1 Å². The first-order valence-corrected chi connectivity index (χ1v) is 8.57. The van der Waals surface area contributed by atoms with Crippen LogP contribution in [0.3, 0.4) is 0 Å². The minimum atomic E-state index is -0.597. The Bertz CT molecular complexity index is 620. The third-order valence-corrected chi connectivity index (χ3v) is 4.27. The van der Waals surface area contributed by atoms with Crippen molar-refractivity contribution in [1.29, 1.82) is 0 Å². The van der Waals surface area contributed by atoms with Crippen LogP contribution >= 0.6 is 0 Å². The summed E-state index contributed by atoms with van der Waals surface area (Å²) in [5.41, 5.74) is 0.674. The van der Waals surface area contributed by atoms with Gasteiger partial charge in [0.2, 0.25) is 0 Å². The van der Waals surface area contributed by atoms with E-state index < -0.39 is 5.97 Å². The van der Waals surface area contributed by atoms with Crippen molar-refractivity contribution in [1.82, 2.24) is 5.32 Å². The van der Waals surface area contributed by atoms with Gasteiger partial charge in [-0.05, 0) is 42.5 Å². The zero-order valence-corrected chi connectivity index (χ0v) is 14.5. The molecule has 0 bridgehead atoms. The molecule has 0 saturated heterocycles. The van der Waals surface area contributed by atoms with Crippen molar-refractivity contribution >= 4 is 18.0 Å². The number of phenolic OH excluding ortho intramolecular Hbond substituents is 1. The molecule has 0 radical (unpaired) electrons. The number of ether oxygens (including phenoxy) is 2. The van der Waals surface area contributed by atoms with Gasteiger partial charge in [-0.25, -0.2) is 4.79 Å². The predicted octanol–water partition coefficient (Wildman–Crippen LogP) is 2.65. The summed E-state index contributed by atoms with van der Waals surface area (Å²) in [6, 6.07) is 4.71. The molecule has 0 heterocycles. The van der Waals surface area contributed by atoms with Crippen LogP contribution < -0.4 is 10.1 Å². The number of hydrogen-bond acceptors (Lipinski definition) is 5. The number of carbonyl (C=O) groups excluding carboxylic acids is 2. The van der Waals surface area contributed by atoms with E-state index in [0.29, 0.717) is 23.8 Å². The summed E-state index contributed by atoms with van der Waals surface area (Å²) < 4.78 is 9.92. The molecule has 1 aromatic rings. The number of esters is 1. The van der Waals surface area contributed by atoms with E-state index in [4.69, 9.17) is 9.47 Å². The van der Waals surface area contributed by atoms with Gasteiger partial charge in [-0.15, -0.1) is 0 Å². The first kappa shape index (κ1) is 18.8. The standard InChI is InChI=1S/C19H25NO5/c1-24-17-11-14(7-9-16(17)21)8-10-19(23)25-13-18(22)20-12-15-5-3-2-4-6-15/h7-11,15,21H,2-6,12-13H2,1H3,(H,20,22). The SMILES string of the molecule is COc1cc(C=CC(=O)OCC(=O)NCC2CCCCC2)ccc1O. The van der Waals surface area contributed by atoms with Gasteiger partial charge in [-0.2, -0.15) is 0 Å². The van der Waals surface area contributed by atoms with Crippen molar-refractivity contribution < 1.29 is 24.2 Å². The fourth-order valence-corrected chi connectivity index (χ4v) is 2.85. The number of carbonyl (C=O) groups is 2. The number of benzene rings is 1. The van der Waals surface area contributed by atoms with Crippen molar-refractivity contribution in [3.63, 3.8) is 0 Å². The van der Waals surface area contributed by atoms with Gasteiger partial charge in [0.05, 0.1) is 7.11 Å². The average Bonchev–Trinajstić information content (AvgIpc) is 2.64. The van der Waals surface area contributed by atoms with Gasteiger partial charge in [0.15, 0.2) is 18.1 Å². The largest absolute Gasteiger partial charge is 0.504 e. The molecule has 2 rings (SSSR count). The van der Waals surface area contributed by atoms with Gasteiger partial charge in [-0.3, -0.25) is 4.79 Å². The number of amides is 1. The van der Waals surface area contributed by atoms with E-state index in [9.17, 15) is 14.7 Å². The van der Waals surface area contributed by atoms with Crippen LogP contribution in [0.25, 0.3) is 6.08 Å². The first-order valence-electron chi connectivity index (χ1n) is 8.57. The lowest BCUT2D eigenvalue weighted by atomic mass is 9.89. The number of nitrogens with one attached hydrogen (secondary N) is 1. The molecule has 1 aliphatic rings. The van der Waals surface area contributed by atoms with Crippen LogP contribution in [0, 0.1) is 5.92 Å². The van der Waals surface area contributed by atoms with Crippen LogP contribution in [0.1, 0.15) is 37.7 Å². The summed E-state index contributed by atoms with van der Waals surface area (Å²) in [6.07, 6.45) is 8.80. The molecule has 2 N–H and O–H groups in total. The van der Waals surface area contributed by atoms with Crippen molar-refractivity contribution in [3.05, 3.63) is 29.8 Å². The van der Waals surface area contributed by atoms with E-state index in [-0.39, 0.29) is 18.3 Å². The van der Waals surface area contributed by atoms with Gasteiger partial charge >= 0.3 is 5.97 Å². The molecule has 1 saturated carbocycles. The molecular formula is C19H25NO5. The van der Waals surface area contributed by atoms with Crippen LogP contribution in [-0.2, 0) is 14.3 Å². The first-order chi connectivity index (χ1) is 12.1. The van der Waals surface area contributed by atoms with Crippen LogP contribution in [0.15, 0.2) is 24.3 Å². The second-order valence-electron chi connectivity index (χ2n) is 6.18. The Morgan fingerprint density at radius 2 is 2.04 bits per heavy atom. The molecule has 0 atom stereocenters. The van der Waals surface area contributed by atoms with E-state index in [1.165, 1.54) is 44.6 Å². The number of hydrogen-bond donors (Lipinski definition) is 2. The Labute approximate surface area is 147 Å². The van der Waals surface area contributed by atoms with Gasteiger partial charge in [0.1, 0.15) is 0 Å². The Morgan fingerprint density at radius 1 is 1.28 bits per heavy atom. The molecule has 0 spiro atoms. The maximum Gasteiger partial charge on any atom is 0.331 e. The van der Waals surface area contributed by atoms with Gasteiger partial charge in [0.25, 0.3) is 5.91 Å². The number of aromatic hydroxyl groups is 1. The maximum absolute atomic E-state index is 11.7. The number of phenols is 1. The monoisotopic (exact) mass is 347 g/mol. The maximum atomic E-state index is 11.7. The highest BCUT2D eigenvalue weighted by Crippen LogP contribution is 2.26. The molecule has 0 unspecified atom stereocenters. The third-order valence-electron chi connectivity index (χ3n) is 4.27.